The predicted molar refractivity (Wildman–Crippen MR) is 140 cm³/mol. The molecule has 1 aliphatic rings. The average Bonchev–Trinajstić information content (AvgIpc) is 3.01. The number of hydrogen-bond donors (Lipinski definition) is 2. The number of amides is 1. The third-order valence-corrected chi connectivity index (χ3v) is 5.99. The Bertz CT molecular complexity index is 1590. The zero-order valence-electron chi connectivity index (χ0n) is 19.9. The summed E-state index contributed by atoms with van der Waals surface area (Å²) < 4.78 is 7.05. The summed E-state index contributed by atoms with van der Waals surface area (Å²) in [6, 6.07) is 21.7. The highest BCUT2D eigenvalue weighted by Gasteiger charge is 2.26. The van der Waals surface area contributed by atoms with E-state index < -0.39 is 11.9 Å². The molecule has 4 aromatic rings. The molecular weight excluding hydrogens is 456 g/mol. The summed E-state index contributed by atoms with van der Waals surface area (Å²) in [4.78, 5) is 43.9. The van der Waals surface area contributed by atoms with Crippen LogP contribution in [0, 0.1) is 0 Å². The molecule has 0 atom stereocenters. The molecule has 0 saturated heterocycles. The second-order valence-corrected chi connectivity index (χ2v) is 8.32. The summed E-state index contributed by atoms with van der Waals surface area (Å²) in [6.45, 7) is 3.54. The quantitative estimate of drug-likeness (QED) is 0.336. The summed E-state index contributed by atoms with van der Waals surface area (Å²) in [6.07, 6.45) is 0. The van der Waals surface area contributed by atoms with E-state index in [0.717, 1.165) is 0 Å². The third-order valence-electron chi connectivity index (χ3n) is 5.99. The molecule has 8 heteroatoms. The predicted octanol–water partition coefficient (Wildman–Crippen LogP) is 4.26. The number of aliphatic imine (C=N–C) groups is 1. The minimum atomic E-state index is -0.589. The molecular formula is C28H24N4O4. The van der Waals surface area contributed by atoms with Gasteiger partial charge >= 0.3 is 5.97 Å². The normalized spacial score (nSPS) is 13.0. The highest BCUT2D eigenvalue weighted by atomic mass is 16.5. The number of para-hydroxylation sites is 4. The Morgan fingerprint density at radius 3 is 2.22 bits per heavy atom. The smallest absolute Gasteiger partial charge is 0.343 e. The van der Waals surface area contributed by atoms with Gasteiger partial charge in [0.05, 0.1) is 29.0 Å². The SMILES string of the molecule is CCOC(=O)C1=C(C)Nc2ccccc2N=C1NC(=O)Cn1c2ccccc2c(=O)c2ccccc21. The molecule has 2 N–H and O–H groups in total. The van der Waals surface area contributed by atoms with Crippen molar-refractivity contribution in [2.75, 3.05) is 11.9 Å². The maximum atomic E-state index is 13.4. The van der Waals surface area contributed by atoms with E-state index in [2.05, 4.69) is 15.6 Å². The number of nitrogens with one attached hydrogen (secondary N) is 2. The van der Waals surface area contributed by atoms with Crippen molar-refractivity contribution in [2.24, 2.45) is 4.99 Å². The fraction of sp³-hybridized carbons (Fsp3) is 0.143. The number of anilines is 1. The number of carbonyl (C=O) groups is 2. The first-order valence-corrected chi connectivity index (χ1v) is 11.6. The Morgan fingerprint density at radius 2 is 1.56 bits per heavy atom. The van der Waals surface area contributed by atoms with E-state index in [9.17, 15) is 14.4 Å². The first-order chi connectivity index (χ1) is 17.5. The van der Waals surface area contributed by atoms with E-state index in [1.807, 2.05) is 42.5 Å². The van der Waals surface area contributed by atoms with E-state index in [0.29, 0.717) is 38.9 Å². The Labute approximate surface area is 206 Å². The number of allylic oxidation sites excluding steroid dienone is 1. The van der Waals surface area contributed by atoms with Crippen LogP contribution in [0.25, 0.3) is 21.8 Å². The molecule has 36 heavy (non-hydrogen) atoms. The van der Waals surface area contributed by atoms with E-state index in [1.54, 1.807) is 48.7 Å². The van der Waals surface area contributed by atoms with Gasteiger partial charge in [-0.2, -0.15) is 0 Å². The van der Waals surface area contributed by atoms with Gasteiger partial charge in [0, 0.05) is 16.5 Å². The number of rotatable bonds is 4. The van der Waals surface area contributed by atoms with Gasteiger partial charge in [-0.25, -0.2) is 9.79 Å². The number of esters is 1. The summed E-state index contributed by atoms with van der Waals surface area (Å²) in [5.74, 6) is -0.890. The Balaban J connectivity index is 1.58. The van der Waals surface area contributed by atoms with Gasteiger partial charge in [-0.3, -0.25) is 9.59 Å². The molecule has 3 aromatic carbocycles. The highest BCUT2D eigenvalue weighted by molar-refractivity contribution is 6.24. The maximum Gasteiger partial charge on any atom is 0.343 e. The van der Waals surface area contributed by atoms with Crippen molar-refractivity contribution < 1.29 is 14.3 Å². The van der Waals surface area contributed by atoms with Gasteiger partial charge in [-0.1, -0.05) is 36.4 Å². The van der Waals surface area contributed by atoms with Crippen LogP contribution in [0.2, 0.25) is 0 Å². The van der Waals surface area contributed by atoms with Crippen LogP contribution < -0.4 is 16.1 Å². The van der Waals surface area contributed by atoms with Gasteiger partial charge in [0.1, 0.15) is 18.0 Å². The molecule has 1 aromatic heterocycles. The van der Waals surface area contributed by atoms with Crippen molar-refractivity contribution in [3.8, 4) is 0 Å². The lowest BCUT2D eigenvalue weighted by Crippen LogP contribution is -2.37. The van der Waals surface area contributed by atoms with E-state index >= 15 is 0 Å². The number of aromatic nitrogens is 1. The number of amidine groups is 1. The van der Waals surface area contributed by atoms with Crippen molar-refractivity contribution in [3.63, 3.8) is 0 Å². The van der Waals surface area contributed by atoms with Crippen LogP contribution in [0.1, 0.15) is 13.8 Å². The second kappa shape index (κ2) is 9.50. The second-order valence-electron chi connectivity index (χ2n) is 8.32. The fourth-order valence-electron chi connectivity index (χ4n) is 4.40. The van der Waals surface area contributed by atoms with E-state index in [-0.39, 0.29) is 30.0 Å². The number of ether oxygens (including phenoxy) is 1. The van der Waals surface area contributed by atoms with Gasteiger partial charge < -0.3 is 19.9 Å². The molecule has 1 amide bonds. The third kappa shape index (κ3) is 4.13. The van der Waals surface area contributed by atoms with Gasteiger partial charge in [0.15, 0.2) is 5.43 Å². The van der Waals surface area contributed by atoms with Crippen LogP contribution in [0.15, 0.2) is 93.9 Å². The molecule has 0 saturated carbocycles. The lowest BCUT2D eigenvalue weighted by molar-refractivity contribution is -0.137. The molecule has 1 aliphatic heterocycles. The zero-order chi connectivity index (χ0) is 25.2. The number of hydrogen-bond acceptors (Lipinski definition) is 6. The lowest BCUT2D eigenvalue weighted by Gasteiger charge is -2.16. The minimum Gasteiger partial charge on any atom is -0.462 e. The summed E-state index contributed by atoms with van der Waals surface area (Å²) in [5, 5.41) is 7.07. The van der Waals surface area contributed by atoms with E-state index in [4.69, 9.17) is 4.74 Å². The number of carbonyl (C=O) groups excluding carboxylic acids is 2. The maximum absolute atomic E-state index is 13.4. The topological polar surface area (TPSA) is 102 Å². The molecule has 0 radical (unpaired) electrons. The molecule has 2 heterocycles. The summed E-state index contributed by atoms with van der Waals surface area (Å²) >= 11 is 0. The summed E-state index contributed by atoms with van der Waals surface area (Å²) in [7, 11) is 0. The van der Waals surface area contributed by atoms with Crippen molar-refractivity contribution >= 4 is 50.9 Å². The molecule has 180 valence electrons. The highest BCUT2D eigenvalue weighted by Crippen LogP contribution is 2.30. The van der Waals surface area contributed by atoms with Crippen LogP contribution in [-0.2, 0) is 20.9 Å². The molecule has 0 fully saturated rings. The van der Waals surface area contributed by atoms with Crippen molar-refractivity contribution in [2.45, 2.75) is 20.4 Å². The first kappa shape index (κ1) is 23.0. The fourth-order valence-corrected chi connectivity index (χ4v) is 4.40. The summed E-state index contributed by atoms with van der Waals surface area (Å²) in [5.41, 5.74) is 3.14. The number of benzene rings is 3. The molecule has 8 nitrogen and oxygen atoms in total. The molecule has 0 unspecified atom stereocenters. The number of pyridine rings is 1. The van der Waals surface area contributed by atoms with Gasteiger partial charge in [0.2, 0.25) is 5.91 Å². The van der Waals surface area contributed by atoms with Crippen LogP contribution in [0.4, 0.5) is 11.4 Å². The number of nitrogens with zero attached hydrogens (tertiary/aromatic N) is 2. The average molecular weight is 481 g/mol. The van der Waals surface area contributed by atoms with Crippen molar-refractivity contribution in [1.82, 2.24) is 9.88 Å². The minimum absolute atomic E-state index is 0.0863. The molecule has 0 spiro atoms. The van der Waals surface area contributed by atoms with Crippen molar-refractivity contribution in [1.29, 1.82) is 0 Å². The Morgan fingerprint density at radius 1 is 0.944 bits per heavy atom. The van der Waals surface area contributed by atoms with Gasteiger partial charge in [-0.15, -0.1) is 0 Å². The van der Waals surface area contributed by atoms with Gasteiger partial charge in [0.25, 0.3) is 0 Å². The molecule has 5 rings (SSSR count). The standard InChI is InChI=1S/C28H24N4O4/c1-3-36-28(35)25-17(2)29-20-12-6-7-13-21(20)30-27(25)31-24(33)16-32-22-14-8-4-10-18(22)26(34)19-11-5-9-15-23(19)32/h4-15,29H,3,16H2,1-2H3,(H,30,31,33). The van der Waals surface area contributed by atoms with Gasteiger partial charge in [-0.05, 0) is 50.2 Å². The van der Waals surface area contributed by atoms with Crippen LogP contribution in [0.5, 0.6) is 0 Å². The van der Waals surface area contributed by atoms with Crippen LogP contribution >= 0.6 is 0 Å². The monoisotopic (exact) mass is 480 g/mol. The first-order valence-electron chi connectivity index (χ1n) is 11.6. The lowest BCUT2D eigenvalue weighted by atomic mass is 10.1. The van der Waals surface area contributed by atoms with Crippen LogP contribution in [-0.4, -0.2) is 28.9 Å². The molecule has 0 bridgehead atoms. The van der Waals surface area contributed by atoms with E-state index in [1.165, 1.54) is 0 Å². The molecule has 0 aliphatic carbocycles. The Kier molecular flexibility index (Phi) is 6.08. The number of fused-ring (bicyclic) bond motifs is 3. The van der Waals surface area contributed by atoms with Crippen LogP contribution in [0.3, 0.4) is 0 Å². The largest absolute Gasteiger partial charge is 0.462 e. The zero-order valence-corrected chi connectivity index (χ0v) is 19.9. The van der Waals surface area contributed by atoms with Crippen molar-refractivity contribution in [3.05, 3.63) is 94.3 Å². The Hall–Kier alpha value is -4.72.